The molecule has 2 rings (SSSR count). The summed E-state index contributed by atoms with van der Waals surface area (Å²) in [6, 6.07) is 5.93. The first kappa shape index (κ1) is 15.6. The summed E-state index contributed by atoms with van der Waals surface area (Å²) < 4.78 is 14.8. The Morgan fingerprint density at radius 1 is 1.23 bits per heavy atom. The average Bonchev–Trinajstić information content (AvgIpc) is 2.87. The van der Waals surface area contributed by atoms with E-state index in [4.69, 9.17) is 9.15 Å². The highest BCUT2D eigenvalue weighted by Gasteiger charge is 2.19. The number of furan rings is 1. The molecular formula is C16H16O6. The van der Waals surface area contributed by atoms with Gasteiger partial charge >= 0.3 is 5.97 Å². The molecule has 0 radical (unpaired) electrons. The lowest BCUT2D eigenvalue weighted by Gasteiger charge is -2.05. The van der Waals surface area contributed by atoms with Crippen molar-refractivity contribution in [1.82, 2.24) is 0 Å². The minimum atomic E-state index is -0.603. The number of carbonyl (C=O) groups is 2. The van der Waals surface area contributed by atoms with Gasteiger partial charge in [-0.2, -0.15) is 0 Å². The molecule has 0 bridgehead atoms. The fourth-order valence-electron chi connectivity index (χ4n) is 2.04. The van der Waals surface area contributed by atoms with E-state index in [1.54, 1.807) is 13.0 Å². The first-order valence-electron chi connectivity index (χ1n) is 6.54. The highest BCUT2D eigenvalue weighted by molar-refractivity contribution is 6.00. The molecule has 22 heavy (non-hydrogen) atoms. The summed E-state index contributed by atoms with van der Waals surface area (Å²) in [5.41, 5.74) is 0.752. The standard InChI is InChI=1S/C16H16O6/c1-9-10(7-15(22-9)16(19)21-3)6-13(17)12-5-4-11(20-2)8-14(12)18/h4-5,7-8,18H,6H2,1-3H3. The van der Waals surface area contributed by atoms with Gasteiger partial charge < -0.3 is 19.0 Å². The first-order valence-corrected chi connectivity index (χ1v) is 6.54. The van der Waals surface area contributed by atoms with Gasteiger partial charge in [-0.3, -0.25) is 4.79 Å². The van der Waals surface area contributed by atoms with E-state index in [0.717, 1.165) is 0 Å². The number of esters is 1. The molecule has 116 valence electrons. The second-order valence-electron chi connectivity index (χ2n) is 4.67. The molecule has 1 heterocycles. The van der Waals surface area contributed by atoms with Gasteiger partial charge in [0.1, 0.15) is 17.3 Å². The van der Waals surface area contributed by atoms with E-state index in [1.807, 2.05) is 0 Å². The van der Waals surface area contributed by atoms with Crippen molar-refractivity contribution in [1.29, 1.82) is 0 Å². The van der Waals surface area contributed by atoms with Crippen LogP contribution in [0.25, 0.3) is 0 Å². The van der Waals surface area contributed by atoms with Crippen molar-refractivity contribution in [2.45, 2.75) is 13.3 Å². The van der Waals surface area contributed by atoms with Crippen molar-refractivity contribution < 1.29 is 28.6 Å². The summed E-state index contributed by atoms with van der Waals surface area (Å²) >= 11 is 0. The highest BCUT2D eigenvalue weighted by atomic mass is 16.5. The number of phenols is 1. The van der Waals surface area contributed by atoms with Crippen LogP contribution in [-0.4, -0.2) is 31.1 Å². The van der Waals surface area contributed by atoms with E-state index in [9.17, 15) is 14.7 Å². The number of rotatable bonds is 5. The third-order valence-corrected chi connectivity index (χ3v) is 3.26. The molecule has 0 aliphatic rings. The Morgan fingerprint density at radius 3 is 2.55 bits per heavy atom. The Labute approximate surface area is 127 Å². The number of ketones is 1. The third-order valence-electron chi connectivity index (χ3n) is 3.26. The number of carbonyl (C=O) groups excluding carboxylic acids is 2. The molecule has 0 aliphatic carbocycles. The Balaban J connectivity index is 2.22. The number of hydrogen-bond donors (Lipinski definition) is 1. The fraction of sp³-hybridized carbons (Fsp3) is 0.250. The molecule has 2 aromatic rings. The van der Waals surface area contributed by atoms with E-state index < -0.39 is 5.97 Å². The normalized spacial score (nSPS) is 10.3. The number of Topliss-reactive ketones (excluding diaryl/α,β-unsaturated/α-hetero) is 1. The van der Waals surface area contributed by atoms with E-state index in [1.165, 1.54) is 32.4 Å². The average molecular weight is 304 g/mol. The number of hydrogen-bond acceptors (Lipinski definition) is 6. The van der Waals surface area contributed by atoms with Crippen LogP contribution in [0.2, 0.25) is 0 Å². The quantitative estimate of drug-likeness (QED) is 0.674. The minimum absolute atomic E-state index is 0.00617. The molecule has 1 aromatic heterocycles. The van der Waals surface area contributed by atoms with E-state index in [2.05, 4.69) is 4.74 Å². The smallest absolute Gasteiger partial charge is 0.373 e. The Morgan fingerprint density at radius 2 is 1.95 bits per heavy atom. The van der Waals surface area contributed by atoms with Crippen LogP contribution < -0.4 is 4.74 Å². The number of phenolic OH excluding ortho intramolecular Hbond substituents is 1. The zero-order chi connectivity index (χ0) is 16.3. The van der Waals surface area contributed by atoms with E-state index in [-0.39, 0.29) is 29.3 Å². The zero-order valence-electron chi connectivity index (χ0n) is 12.5. The molecule has 0 fully saturated rings. The third kappa shape index (κ3) is 3.11. The van der Waals surface area contributed by atoms with Gasteiger partial charge in [0.25, 0.3) is 0 Å². The maximum atomic E-state index is 12.3. The number of benzene rings is 1. The molecule has 0 aliphatic heterocycles. The van der Waals surface area contributed by atoms with Gasteiger partial charge in [-0.05, 0) is 25.1 Å². The molecule has 0 spiro atoms. The van der Waals surface area contributed by atoms with Gasteiger partial charge in [-0.1, -0.05) is 0 Å². The van der Waals surface area contributed by atoms with E-state index >= 15 is 0 Å². The molecule has 0 saturated carbocycles. The van der Waals surface area contributed by atoms with Crippen LogP contribution in [0.15, 0.2) is 28.7 Å². The van der Waals surface area contributed by atoms with Gasteiger partial charge in [-0.25, -0.2) is 4.79 Å². The largest absolute Gasteiger partial charge is 0.507 e. The van der Waals surface area contributed by atoms with Crippen LogP contribution in [0.5, 0.6) is 11.5 Å². The molecule has 0 saturated heterocycles. The molecule has 1 aromatic carbocycles. The fourth-order valence-corrected chi connectivity index (χ4v) is 2.04. The van der Waals surface area contributed by atoms with Crippen molar-refractivity contribution >= 4 is 11.8 Å². The lowest BCUT2D eigenvalue weighted by Crippen LogP contribution is -2.04. The molecular weight excluding hydrogens is 288 g/mol. The molecule has 6 nitrogen and oxygen atoms in total. The van der Waals surface area contributed by atoms with Crippen LogP contribution in [0.4, 0.5) is 0 Å². The highest BCUT2D eigenvalue weighted by Crippen LogP contribution is 2.25. The van der Waals surface area contributed by atoms with Crippen molar-refractivity contribution in [2.75, 3.05) is 14.2 Å². The molecule has 6 heteroatoms. The summed E-state index contributed by atoms with van der Waals surface area (Å²) in [5, 5.41) is 9.87. The van der Waals surface area contributed by atoms with Crippen LogP contribution in [-0.2, 0) is 11.2 Å². The molecule has 0 unspecified atom stereocenters. The lowest BCUT2D eigenvalue weighted by atomic mass is 10.0. The van der Waals surface area contributed by atoms with Gasteiger partial charge in [0.15, 0.2) is 5.78 Å². The van der Waals surface area contributed by atoms with Crippen LogP contribution in [0, 0.1) is 6.92 Å². The summed E-state index contributed by atoms with van der Waals surface area (Å²) in [5.74, 6) is -0.0849. The number of aromatic hydroxyl groups is 1. The predicted octanol–water partition coefficient (Wildman–Crippen LogP) is 2.51. The van der Waals surface area contributed by atoms with Crippen LogP contribution in [0.1, 0.15) is 32.2 Å². The Bertz CT molecular complexity index is 713. The van der Waals surface area contributed by atoms with Crippen molar-refractivity contribution in [3.63, 3.8) is 0 Å². The number of aryl methyl sites for hydroxylation is 1. The molecule has 1 N–H and O–H groups in total. The van der Waals surface area contributed by atoms with Crippen molar-refractivity contribution in [3.8, 4) is 11.5 Å². The maximum Gasteiger partial charge on any atom is 0.373 e. The predicted molar refractivity (Wildman–Crippen MR) is 77.5 cm³/mol. The van der Waals surface area contributed by atoms with Crippen molar-refractivity contribution in [3.05, 3.63) is 46.9 Å². The summed E-state index contributed by atoms with van der Waals surface area (Å²) in [4.78, 5) is 23.7. The van der Waals surface area contributed by atoms with Gasteiger partial charge in [-0.15, -0.1) is 0 Å². The maximum absolute atomic E-state index is 12.3. The monoisotopic (exact) mass is 304 g/mol. The summed E-state index contributed by atoms with van der Waals surface area (Å²) in [6.45, 7) is 1.66. The van der Waals surface area contributed by atoms with Gasteiger partial charge in [0, 0.05) is 18.1 Å². The number of methoxy groups -OCH3 is 2. The number of ether oxygens (including phenoxy) is 2. The minimum Gasteiger partial charge on any atom is -0.507 e. The van der Waals surface area contributed by atoms with Crippen molar-refractivity contribution in [2.24, 2.45) is 0 Å². The lowest BCUT2D eigenvalue weighted by molar-refractivity contribution is 0.0563. The molecule has 0 atom stereocenters. The zero-order valence-corrected chi connectivity index (χ0v) is 12.5. The SMILES string of the molecule is COC(=O)c1cc(CC(=O)c2ccc(OC)cc2O)c(C)o1. The summed E-state index contributed by atoms with van der Waals surface area (Å²) in [6.07, 6.45) is 0.00617. The Hall–Kier alpha value is -2.76. The second-order valence-corrected chi connectivity index (χ2v) is 4.67. The van der Waals surface area contributed by atoms with Crippen LogP contribution in [0.3, 0.4) is 0 Å². The van der Waals surface area contributed by atoms with Gasteiger partial charge in [0.2, 0.25) is 5.76 Å². The van der Waals surface area contributed by atoms with Gasteiger partial charge in [0.05, 0.1) is 19.8 Å². The summed E-state index contributed by atoms with van der Waals surface area (Å²) in [7, 11) is 2.72. The van der Waals surface area contributed by atoms with Crippen LogP contribution >= 0.6 is 0 Å². The second kappa shape index (κ2) is 6.34. The first-order chi connectivity index (χ1) is 10.5. The van der Waals surface area contributed by atoms with E-state index in [0.29, 0.717) is 17.1 Å². The molecule has 0 amide bonds. The topological polar surface area (TPSA) is 86.0 Å². The Kier molecular flexibility index (Phi) is 4.50.